The van der Waals surface area contributed by atoms with Crippen molar-refractivity contribution in [2.24, 2.45) is 0 Å². The second-order valence-electron chi connectivity index (χ2n) is 5.32. The molecule has 0 aliphatic heterocycles. The third-order valence-corrected chi connectivity index (χ3v) is 4.23. The maximum absolute atomic E-state index is 5.41. The fraction of sp³-hybridized carbons (Fsp3) is 0.333. The van der Waals surface area contributed by atoms with Crippen molar-refractivity contribution < 1.29 is 9.47 Å². The van der Waals surface area contributed by atoms with Gasteiger partial charge in [0.05, 0.1) is 14.2 Å². The zero-order valence-electron chi connectivity index (χ0n) is 12.1. The molecular weight excluding hydrogens is 248 g/mol. The van der Waals surface area contributed by atoms with Crippen molar-refractivity contribution in [3.8, 4) is 11.5 Å². The van der Waals surface area contributed by atoms with E-state index < -0.39 is 0 Å². The minimum absolute atomic E-state index is 0.574. The van der Waals surface area contributed by atoms with Crippen LogP contribution in [0.5, 0.6) is 11.5 Å². The van der Waals surface area contributed by atoms with E-state index in [1.165, 1.54) is 23.1 Å². The van der Waals surface area contributed by atoms with Crippen LogP contribution in [0.15, 0.2) is 42.5 Å². The number of rotatable bonds is 3. The summed E-state index contributed by atoms with van der Waals surface area (Å²) in [7, 11) is 3.37. The highest BCUT2D eigenvalue weighted by molar-refractivity contribution is 5.45. The van der Waals surface area contributed by atoms with Gasteiger partial charge in [0.1, 0.15) is 0 Å². The Morgan fingerprint density at radius 3 is 2.40 bits per heavy atom. The second-order valence-corrected chi connectivity index (χ2v) is 5.32. The van der Waals surface area contributed by atoms with Crippen molar-refractivity contribution >= 4 is 0 Å². The Kier molecular flexibility index (Phi) is 3.64. The zero-order chi connectivity index (χ0) is 13.9. The third kappa shape index (κ3) is 2.38. The van der Waals surface area contributed by atoms with Gasteiger partial charge in [-0.25, -0.2) is 0 Å². The summed E-state index contributed by atoms with van der Waals surface area (Å²) in [5.74, 6) is 2.20. The molecule has 0 fully saturated rings. The summed E-state index contributed by atoms with van der Waals surface area (Å²) in [6, 6.07) is 15.1. The van der Waals surface area contributed by atoms with Crippen molar-refractivity contribution in [1.82, 2.24) is 0 Å². The van der Waals surface area contributed by atoms with Crippen molar-refractivity contribution in [2.45, 2.75) is 25.2 Å². The van der Waals surface area contributed by atoms with Crippen LogP contribution in [0.25, 0.3) is 0 Å². The Labute approximate surface area is 120 Å². The maximum Gasteiger partial charge on any atom is 0.160 e. The lowest BCUT2D eigenvalue weighted by atomic mass is 9.80. The van der Waals surface area contributed by atoms with E-state index in [1.54, 1.807) is 14.2 Å². The van der Waals surface area contributed by atoms with Crippen molar-refractivity contribution in [3.63, 3.8) is 0 Å². The van der Waals surface area contributed by atoms with Crippen molar-refractivity contribution in [2.75, 3.05) is 14.2 Å². The molecule has 0 bridgehead atoms. The number of fused-ring (bicyclic) bond motifs is 1. The van der Waals surface area contributed by atoms with Crippen LogP contribution in [0, 0.1) is 0 Å². The van der Waals surface area contributed by atoms with Gasteiger partial charge in [-0.2, -0.15) is 0 Å². The monoisotopic (exact) mass is 268 g/mol. The molecule has 0 saturated heterocycles. The first-order valence-corrected chi connectivity index (χ1v) is 7.10. The molecule has 0 aromatic heterocycles. The summed E-state index contributed by atoms with van der Waals surface area (Å²) < 4.78 is 10.7. The topological polar surface area (TPSA) is 18.5 Å². The quantitative estimate of drug-likeness (QED) is 0.838. The summed E-state index contributed by atoms with van der Waals surface area (Å²) in [6.45, 7) is 0. The van der Waals surface area contributed by atoms with Crippen LogP contribution in [0.4, 0.5) is 0 Å². The average molecular weight is 268 g/mol. The first-order chi connectivity index (χ1) is 9.81. The predicted molar refractivity (Wildman–Crippen MR) is 80.8 cm³/mol. The predicted octanol–water partition coefficient (Wildman–Crippen LogP) is 3.98. The van der Waals surface area contributed by atoms with Gasteiger partial charge in [-0.15, -0.1) is 0 Å². The molecule has 1 atom stereocenters. The maximum atomic E-state index is 5.41. The lowest BCUT2D eigenvalue weighted by molar-refractivity contribution is 0.354. The minimum Gasteiger partial charge on any atom is -0.493 e. The van der Waals surface area contributed by atoms with Gasteiger partial charge in [0.15, 0.2) is 11.5 Å². The number of ether oxygens (including phenoxy) is 2. The Morgan fingerprint density at radius 1 is 0.900 bits per heavy atom. The number of hydrogen-bond acceptors (Lipinski definition) is 2. The summed E-state index contributed by atoms with van der Waals surface area (Å²) in [5.41, 5.74) is 4.33. The van der Waals surface area contributed by atoms with Gasteiger partial charge in [-0.3, -0.25) is 0 Å². The van der Waals surface area contributed by atoms with Crippen LogP contribution in [0.2, 0.25) is 0 Å². The Hall–Kier alpha value is -1.96. The highest BCUT2D eigenvalue weighted by Crippen LogP contribution is 2.36. The fourth-order valence-corrected chi connectivity index (χ4v) is 3.09. The highest BCUT2D eigenvalue weighted by atomic mass is 16.5. The second kappa shape index (κ2) is 5.58. The molecule has 1 unspecified atom stereocenters. The first kappa shape index (κ1) is 13.0. The Bertz CT molecular complexity index is 604. The molecule has 0 spiro atoms. The largest absolute Gasteiger partial charge is 0.493 e. The number of aryl methyl sites for hydroxylation is 1. The number of benzene rings is 2. The van der Waals surface area contributed by atoms with E-state index in [1.807, 2.05) is 6.07 Å². The highest BCUT2D eigenvalue weighted by Gasteiger charge is 2.20. The van der Waals surface area contributed by atoms with Gasteiger partial charge in [0.25, 0.3) is 0 Å². The lowest BCUT2D eigenvalue weighted by Crippen LogP contribution is -2.12. The van der Waals surface area contributed by atoms with E-state index in [0.29, 0.717) is 5.92 Å². The minimum atomic E-state index is 0.574. The molecule has 2 heteroatoms. The van der Waals surface area contributed by atoms with E-state index in [9.17, 15) is 0 Å². The molecule has 2 aromatic carbocycles. The van der Waals surface area contributed by atoms with Gasteiger partial charge in [-0.05, 0) is 54.0 Å². The van der Waals surface area contributed by atoms with Gasteiger partial charge in [0.2, 0.25) is 0 Å². The lowest BCUT2D eigenvalue weighted by Gasteiger charge is -2.25. The normalized spacial score (nSPS) is 17.4. The molecule has 2 aromatic rings. The van der Waals surface area contributed by atoms with Gasteiger partial charge >= 0.3 is 0 Å². The van der Waals surface area contributed by atoms with Gasteiger partial charge < -0.3 is 9.47 Å². The summed E-state index contributed by atoms with van der Waals surface area (Å²) in [6.07, 6.45) is 3.48. The van der Waals surface area contributed by atoms with Crippen LogP contribution in [0.1, 0.15) is 29.0 Å². The molecule has 0 radical (unpaired) electrons. The Morgan fingerprint density at radius 2 is 1.65 bits per heavy atom. The molecule has 20 heavy (non-hydrogen) atoms. The molecule has 0 saturated carbocycles. The molecule has 0 N–H and O–H groups in total. The van der Waals surface area contributed by atoms with Crippen LogP contribution in [0.3, 0.4) is 0 Å². The van der Waals surface area contributed by atoms with Crippen molar-refractivity contribution in [1.29, 1.82) is 0 Å². The summed E-state index contributed by atoms with van der Waals surface area (Å²) >= 11 is 0. The van der Waals surface area contributed by atoms with Crippen LogP contribution in [-0.2, 0) is 12.8 Å². The SMILES string of the molecule is COc1ccc(C2CCc3ccccc3C2)cc1OC. The standard InChI is InChI=1S/C18H20O2/c1-19-17-10-9-16(12-18(17)20-2)15-8-7-13-5-3-4-6-14(13)11-15/h3-6,9-10,12,15H,7-8,11H2,1-2H3. The molecule has 0 heterocycles. The summed E-state index contributed by atoms with van der Waals surface area (Å²) in [4.78, 5) is 0. The van der Waals surface area contributed by atoms with Crippen LogP contribution >= 0.6 is 0 Å². The molecular formula is C18H20O2. The molecule has 0 amide bonds. The average Bonchev–Trinajstić information content (AvgIpc) is 2.53. The first-order valence-electron chi connectivity index (χ1n) is 7.10. The third-order valence-electron chi connectivity index (χ3n) is 4.23. The van der Waals surface area contributed by atoms with Crippen LogP contribution < -0.4 is 9.47 Å². The zero-order valence-corrected chi connectivity index (χ0v) is 12.1. The van der Waals surface area contributed by atoms with E-state index in [2.05, 4.69) is 36.4 Å². The van der Waals surface area contributed by atoms with Crippen molar-refractivity contribution in [3.05, 3.63) is 59.2 Å². The van der Waals surface area contributed by atoms with Gasteiger partial charge in [-0.1, -0.05) is 30.3 Å². The fourth-order valence-electron chi connectivity index (χ4n) is 3.09. The molecule has 104 valence electrons. The summed E-state index contributed by atoms with van der Waals surface area (Å²) in [5, 5.41) is 0. The van der Waals surface area contributed by atoms with E-state index in [-0.39, 0.29) is 0 Å². The van der Waals surface area contributed by atoms with E-state index in [4.69, 9.17) is 9.47 Å². The molecule has 3 rings (SSSR count). The molecule has 2 nitrogen and oxygen atoms in total. The smallest absolute Gasteiger partial charge is 0.160 e. The van der Waals surface area contributed by atoms with Crippen LogP contribution in [-0.4, -0.2) is 14.2 Å². The van der Waals surface area contributed by atoms with E-state index >= 15 is 0 Å². The molecule has 1 aliphatic rings. The van der Waals surface area contributed by atoms with Gasteiger partial charge in [0, 0.05) is 0 Å². The molecule has 1 aliphatic carbocycles. The van der Waals surface area contributed by atoms with E-state index in [0.717, 1.165) is 24.3 Å². The number of hydrogen-bond donors (Lipinski definition) is 0. The Balaban J connectivity index is 1.88. The number of methoxy groups -OCH3 is 2.